The van der Waals surface area contributed by atoms with Gasteiger partial charge in [-0.25, -0.2) is 0 Å². The molecule has 2 rings (SSSR count). The summed E-state index contributed by atoms with van der Waals surface area (Å²) in [4.78, 5) is 8.96. The van der Waals surface area contributed by atoms with Gasteiger partial charge in [0.1, 0.15) is 6.61 Å². The van der Waals surface area contributed by atoms with Gasteiger partial charge >= 0.3 is 0 Å². The van der Waals surface area contributed by atoms with Crippen LogP contribution in [0.25, 0.3) is 11.3 Å². The second-order valence-electron chi connectivity index (χ2n) is 3.09. The van der Waals surface area contributed by atoms with E-state index in [1.54, 1.807) is 24.8 Å². The van der Waals surface area contributed by atoms with E-state index in [2.05, 4.69) is 20.3 Å². The third-order valence-electron chi connectivity index (χ3n) is 2.01. The lowest BCUT2D eigenvalue weighted by atomic mass is 10.1. The Morgan fingerprint density at radius 1 is 1.50 bits per heavy atom. The van der Waals surface area contributed by atoms with Gasteiger partial charge in [-0.15, -0.1) is 0 Å². The van der Waals surface area contributed by atoms with E-state index in [0.29, 0.717) is 6.61 Å². The Morgan fingerprint density at radius 2 is 2.44 bits per heavy atom. The molecule has 5 heteroatoms. The number of aromatic amines is 1. The molecule has 0 fully saturated rings. The molecule has 16 heavy (non-hydrogen) atoms. The molecule has 0 radical (unpaired) electrons. The van der Waals surface area contributed by atoms with Crippen molar-refractivity contribution in [2.75, 3.05) is 6.61 Å². The third kappa shape index (κ3) is 2.25. The molecule has 82 valence electrons. The van der Waals surface area contributed by atoms with Crippen LogP contribution in [-0.4, -0.2) is 28.0 Å². The van der Waals surface area contributed by atoms with Crippen LogP contribution < -0.4 is 0 Å². The maximum Gasteiger partial charge on any atom is 0.114 e. The zero-order chi connectivity index (χ0) is 11.2. The fourth-order valence-corrected chi connectivity index (χ4v) is 1.30. The van der Waals surface area contributed by atoms with E-state index in [1.165, 1.54) is 0 Å². The summed E-state index contributed by atoms with van der Waals surface area (Å²) in [6.07, 6.45) is 6.83. The Kier molecular flexibility index (Phi) is 3.28. The first-order valence-corrected chi connectivity index (χ1v) is 5.01. The first kappa shape index (κ1) is 10.4. The molecule has 0 bridgehead atoms. The van der Waals surface area contributed by atoms with Crippen LogP contribution in [0.5, 0.6) is 0 Å². The maximum absolute atomic E-state index is 4.91. The van der Waals surface area contributed by atoms with Gasteiger partial charge in [0, 0.05) is 23.5 Å². The van der Waals surface area contributed by atoms with Crippen LogP contribution in [0.2, 0.25) is 0 Å². The number of hydrogen-bond acceptors (Lipinski definition) is 4. The molecule has 0 aliphatic rings. The summed E-state index contributed by atoms with van der Waals surface area (Å²) < 4.78 is 0. The Hall–Kier alpha value is -2.17. The molecule has 0 spiro atoms. The lowest BCUT2D eigenvalue weighted by Crippen LogP contribution is -1.87. The predicted octanol–water partition coefficient (Wildman–Crippen LogP) is 1.84. The minimum Gasteiger partial charge on any atom is -0.396 e. The highest BCUT2D eigenvalue weighted by Crippen LogP contribution is 2.17. The topological polar surface area (TPSA) is 63.2 Å². The molecule has 0 unspecified atom stereocenters. The van der Waals surface area contributed by atoms with E-state index >= 15 is 0 Å². The van der Waals surface area contributed by atoms with Crippen LogP contribution in [0.15, 0.2) is 35.9 Å². The number of pyridine rings is 1. The summed E-state index contributed by atoms with van der Waals surface area (Å²) in [6.45, 7) is 2.44. The Balaban J connectivity index is 2.26. The smallest absolute Gasteiger partial charge is 0.114 e. The van der Waals surface area contributed by atoms with E-state index in [0.717, 1.165) is 16.8 Å². The van der Waals surface area contributed by atoms with E-state index in [-0.39, 0.29) is 0 Å². The number of nitrogens with zero attached hydrogens (tertiary/aromatic N) is 3. The maximum atomic E-state index is 4.91. The number of rotatable bonds is 4. The van der Waals surface area contributed by atoms with Crippen molar-refractivity contribution in [2.24, 2.45) is 5.16 Å². The minimum atomic E-state index is 0.552. The number of hydrogen-bond donors (Lipinski definition) is 1. The molecule has 1 N–H and O–H groups in total. The second kappa shape index (κ2) is 5.06. The first-order valence-electron chi connectivity index (χ1n) is 5.01. The van der Waals surface area contributed by atoms with Crippen molar-refractivity contribution < 1.29 is 4.84 Å². The summed E-state index contributed by atoms with van der Waals surface area (Å²) in [6, 6.07) is 3.83. The van der Waals surface area contributed by atoms with Crippen LogP contribution >= 0.6 is 0 Å². The van der Waals surface area contributed by atoms with Crippen molar-refractivity contribution >= 4 is 6.21 Å². The molecule has 0 atom stereocenters. The first-order chi connectivity index (χ1) is 7.92. The second-order valence-corrected chi connectivity index (χ2v) is 3.09. The van der Waals surface area contributed by atoms with E-state index < -0.39 is 0 Å². The molecule has 0 aliphatic carbocycles. The van der Waals surface area contributed by atoms with Crippen molar-refractivity contribution in [3.8, 4) is 11.3 Å². The quantitative estimate of drug-likeness (QED) is 0.626. The summed E-state index contributed by atoms with van der Waals surface area (Å²) in [7, 11) is 0. The summed E-state index contributed by atoms with van der Waals surface area (Å²) in [5.74, 6) is 0. The number of aromatic nitrogens is 3. The normalized spacial score (nSPS) is 10.8. The highest BCUT2D eigenvalue weighted by molar-refractivity contribution is 5.87. The molecule has 2 heterocycles. The monoisotopic (exact) mass is 216 g/mol. The molecule has 0 aromatic carbocycles. The lowest BCUT2D eigenvalue weighted by Gasteiger charge is -1.97. The number of H-pyrrole nitrogens is 1. The average molecular weight is 216 g/mol. The van der Waals surface area contributed by atoms with Crippen LogP contribution in [0, 0.1) is 0 Å². The SMILES string of the molecule is CCO/N=C/c1cn[nH]c1-c1cccnc1. The highest BCUT2D eigenvalue weighted by atomic mass is 16.6. The number of oxime groups is 1. The molecular weight excluding hydrogens is 204 g/mol. The summed E-state index contributed by atoms with van der Waals surface area (Å²) in [5, 5.41) is 10.7. The van der Waals surface area contributed by atoms with Gasteiger partial charge in [0.2, 0.25) is 0 Å². The fraction of sp³-hybridized carbons (Fsp3) is 0.182. The molecule has 0 saturated heterocycles. The zero-order valence-corrected chi connectivity index (χ0v) is 8.92. The van der Waals surface area contributed by atoms with Gasteiger partial charge in [0.25, 0.3) is 0 Å². The van der Waals surface area contributed by atoms with Gasteiger partial charge in [-0.2, -0.15) is 5.10 Å². The lowest BCUT2D eigenvalue weighted by molar-refractivity contribution is 0.160. The molecule has 0 aliphatic heterocycles. The van der Waals surface area contributed by atoms with Crippen LogP contribution in [0.1, 0.15) is 12.5 Å². The zero-order valence-electron chi connectivity index (χ0n) is 8.92. The van der Waals surface area contributed by atoms with Crippen molar-refractivity contribution in [3.05, 3.63) is 36.3 Å². The van der Waals surface area contributed by atoms with Gasteiger partial charge in [-0.1, -0.05) is 5.16 Å². The van der Waals surface area contributed by atoms with Gasteiger partial charge in [-0.05, 0) is 19.1 Å². The van der Waals surface area contributed by atoms with Gasteiger partial charge in [-0.3, -0.25) is 10.1 Å². The van der Waals surface area contributed by atoms with Crippen molar-refractivity contribution in [1.29, 1.82) is 0 Å². The number of nitrogens with one attached hydrogen (secondary N) is 1. The molecule has 0 saturated carbocycles. The third-order valence-corrected chi connectivity index (χ3v) is 2.01. The van der Waals surface area contributed by atoms with E-state index in [4.69, 9.17) is 4.84 Å². The van der Waals surface area contributed by atoms with Crippen LogP contribution in [0.3, 0.4) is 0 Å². The molecular formula is C11H12N4O. The standard InChI is InChI=1S/C11H12N4O/c1-2-16-14-8-10-7-13-15-11(10)9-4-3-5-12-6-9/h3-8H,2H2,1H3,(H,13,15)/b14-8+. The summed E-state index contributed by atoms with van der Waals surface area (Å²) >= 11 is 0. The Morgan fingerprint density at radius 3 is 3.19 bits per heavy atom. The Labute approximate surface area is 93.2 Å². The van der Waals surface area contributed by atoms with Crippen molar-refractivity contribution in [2.45, 2.75) is 6.92 Å². The highest BCUT2D eigenvalue weighted by Gasteiger charge is 2.05. The van der Waals surface area contributed by atoms with Crippen LogP contribution in [0.4, 0.5) is 0 Å². The molecule has 5 nitrogen and oxygen atoms in total. The van der Waals surface area contributed by atoms with Crippen LogP contribution in [-0.2, 0) is 4.84 Å². The average Bonchev–Trinajstić information content (AvgIpc) is 2.79. The van der Waals surface area contributed by atoms with Gasteiger partial charge < -0.3 is 4.84 Å². The fourth-order valence-electron chi connectivity index (χ4n) is 1.30. The predicted molar refractivity (Wildman–Crippen MR) is 61.0 cm³/mol. The molecule has 2 aromatic heterocycles. The minimum absolute atomic E-state index is 0.552. The molecule has 2 aromatic rings. The molecule has 0 amide bonds. The van der Waals surface area contributed by atoms with Gasteiger partial charge in [0.05, 0.1) is 18.1 Å². The Bertz CT molecular complexity index is 464. The van der Waals surface area contributed by atoms with Crippen molar-refractivity contribution in [1.82, 2.24) is 15.2 Å². The van der Waals surface area contributed by atoms with E-state index in [9.17, 15) is 0 Å². The van der Waals surface area contributed by atoms with Gasteiger partial charge in [0.15, 0.2) is 0 Å². The summed E-state index contributed by atoms with van der Waals surface area (Å²) in [5.41, 5.74) is 2.73. The van der Waals surface area contributed by atoms with Crippen molar-refractivity contribution in [3.63, 3.8) is 0 Å². The van der Waals surface area contributed by atoms with E-state index in [1.807, 2.05) is 19.1 Å². The largest absolute Gasteiger partial charge is 0.396 e.